The van der Waals surface area contributed by atoms with Crippen LogP contribution in [0.1, 0.15) is 125 Å². The minimum absolute atomic E-state index is 0.0184. The smallest absolute Gasteiger partial charge is 0.306 e. The van der Waals surface area contributed by atoms with Gasteiger partial charge < -0.3 is 4.74 Å². The van der Waals surface area contributed by atoms with Crippen LogP contribution in [0.3, 0.4) is 0 Å². The van der Waals surface area contributed by atoms with Crippen LogP contribution in [-0.2, 0) is 9.53 Å². The van der Waals surface area contributed by atoms with Gasteiger partial charge >= 0.3 is 5.97 Å². The SMILES string of the molecule is C=CCCC(=O)O[C@H]1CC[C@@]2(C)[C@@H](CC[C@@H]3[C@@H]2CC[C@]2(C)[C@@H]([C@H](C)CCCC(C)C)CC[C@@H]32)C1. The molecule has 0 heterocycles. The van der Waals surface area contributed by atoms with Gasteiger partial charge in [0, 0.05) is 6.42 Å². The van der Waals surface area contributed by atoms with Crippen molar-refractivity contribution < 1.29 is 9.53 Å². The predicted octanol–water partition coefficient (Wildman–Crippen LogP) is 8.99. The molecule has 0 aromatic rings. The van der Waals surface area contributed by atoms with Crippen molar-refractivity contribution in [3.05, 3.63) is 12.7 Å². The Bertz CT molecular complexity index is 712. The highest BCUT2D eigenvalue weighted by molar-refractivity contribution is 5.69. The second kappa shape index (κ2) is 10.7. The summed E-state index contributed by atoms with van der Waals surface area (Å²) in [5.41, 5.74) is 1.05. The van der Waals surface area contributed by atoms with Gasteiger partial charge in [0.05, 0.1) is 0 Å². The van der Waals surface area contributed by atoms with Crippen molar-refractivity contribution in [2.75, 3.05) is 0 Å². The zero-order valence-corrected chi connectivity index (χ0v) is 23.1. The van der Waals surface area contributed by atoms with Crippen LogP contribution in [0.25, 0.3) is 0 Å². The molecule has 4 aliphatic carbocycles. The van der Waals surface area contributed by atoms with Crippen molar-refractivity contribution in [3.8, 4) is 0 Å². The molecule has 9 atom stereocenters. The fourth-order valence-electron chi connectivity index (χ4n) is 9.82. The molecule has 4 fully saturated rings. The van der Waals surface area contributed by atoms with E-state index in [-0.39, 0.29) is 12.1 Å². The molecule has 2 nitrogen and oxygen atoms in total. The molecule has 0 spiro atoms. The van der Waals surface area contributed by atoms with Crippen LogP contribution >= 0.6 is 0 Å². The Morgan fingerprint density at radius 2 is 1.71 bits per heavy atom. The van der Waals surface area contributed by atoms with Crippen LogP contribution < -0.4 is 0 Å². The Labute approximate surface area is 211 Å². The lowest BCUT2D eigenvalue weighted by Crippen LogP contribution is -2.54. The summed E-state index contributed by atoms with van der Waals surface area (Å²) < 4.78 is 5.91. The number of carbonyl (C=O) groups excluding carboxylic acids is 1. The highest BCUT2D eigenvalue weighted by Gasteiger charge is 2.60. The quantitative estimate of drug-likeness (QED) is 0.248. The first kappa shape index (κ1) is 26.3. The lowest BCUT2D eigenvalue weighted by atomic mass is 9.44. The molecule has 2 heteroatoms. The second-order valence-electron chi connectivity index (χ2n) is 13.9. The van der Waals surface area contributed by atoms with Crippen molar-refractivity contribution in [1.29, 1.82) is 0 Å². The van der Waals surface area contributed by atoms with E-state index in [9.17, 15) is 4.79 Å². The molecular formula is C32H54O2. The maximum Gasteiger partial charge on any atom is 0.306 e. The number of ether oxygens (including phenoxy) is 1. The van der Waals surface area contributed by atoms with Crippen LogP contribution in [0.4, 0.5) is 0 Å². The van der Waals surface area contributed by atoms with E-state index in [0.29, 0.717) is 17.3 Å². The topological polar surface area (TPSA) is 26.3 Å². The molecule has 0 aromatic heterocycles. The number of allylic oxidation sites excluding steroid dienone is 1. The summed E-state index contributed by atoms with van der Waals surface area (Å²) in [5, 5.41) is 0. The molecule has 4 aliphatic rings. The summed E-state index contributed by atoms with van der Waals surface area (Å²) in [6, 6.07) is 0. The van der Waals surface area contributed by atoms with E-state index in [0.717, 1.165) is 60.7 Å². The Hall–Kier alpha value is -0.790. The second-order valence-corrected chi connectivity index (χ2v) is 13.9. The molecule has 0 N–H and O–H groups in total. The van der Waals surface area contributed by atoms with Gasteiger partial charge in [0.15, 0.2) is 0 Å². The average molecular weight is 471 g/mol. The van der Waals surface area contributed by atoms with Crippen LogP contribution in [-0.4, -0.2) is 12.1 Å². The molecule has 0 aromatic carbocycles. The Balaban J connectivity index is 1.38. The number of rotatable bonds is 9. The average Bonchev–Trinajstić information content (AvgIpc) is 3.15. The largest absolute Gasteiger partial charge is 0.462 e. The number of fused-ring (bicyclic) bond motifs is 5. The Kier molecular flexibility index (Phi) is 8.25. The Morgan fingerprint density at radius 3 is 2.44 bits per heavy atom. The molecule has 0 radical (unpaired) electrons. The van der Waals surface area contributed by atoms with Crippen molar-refractivity contribution in [2.45, 2.75) is 131 Å². The molecular weight excluding hydrogens is 416 g/mol. The van der Waals surface area contributed by atoms with Gasteiger partial charge in [-0.1, -0.05) is 60.0 Å². The molecule has 4 rings (SSSR count). The lowest BCUT2D eigenvalue weighted by Gasteiger charge is -2.61. The van der Waals surface area contributed by atoms with Crippen LogP contribution in [0, 0.1) is 52.3 Å². The maximum absolute atomic E-state index is 12.2. The van der Waals surface area contributed by atoms with E-state index >= 15 is 0 Å². The van der Waals surface area contributed by atoms with E-state index in [1.807, 2.05) is 6.08 Å². The van der Waals surface area contributed by atoms with E-state index in [1.54, 1.807) is 0 Å². The predicted molar refractivity (Wildman–Crippen MR) is 142 cm³/mol. The van der Waals surface area contributed by atoms with E-state index < -0.39 is 0 Å². The molecule has 0 aliphatic heterocycles. The number of esters is 1. The van der Waals surface area contributed by atoms with Crippen molar-refractivity contribution in [1.82, 2.24) is 0 Å². The van der Waals surface area contributed by atoms with Crippen LogP contribution in [0.5, 0.6) is 0 Å². The van der Waals surface area contributed by atoms with Crippen molar-refractivity contribution in [3.63, 3.8) is 0 Å². The molecule has 0 saturated heterocycles. The first-order valence-corrected chi connectivity index (χ1v) is 15.0. The van der Waals surface area contributed by atoms with E-state index in [1.165, 1.54) is 64.2 Å². The number of hydrogen-bond acceptors (Lipinski definition) is 2. The van der Waals surface area contributed by atoms with Gasteiger partial charge in [0.1, 0.15) is 6.10 Å². The molecule has 194 valence electrons. The fraction of sp³-hybridized carbons (Fsp3) is 0.906. The first-order valence-electron chi connectivity index (χ1n) is 15.0. The lowest BCUT2D eigenvalue weighted by molar-refractivity contribution is -0.162. The van der Waals surface area contributed by atoms with Gasteiger partial charge in [0.2, 0.25) is 0 Å². The summed E-state index contributed by atoms with van der Waals surface area (Å²) in [7, 11) is 0. The van der Waals surface area contributed by atoms with E-state index in [2.05, 4.69) is 41.2 Å². The minimum Gasteiger partial charge on any atom is -0.462 e. The third kappa shape index (κ3) is 5.04. The standard InChI is InChI=1S/C32H54O2/c1-7-8-12-30(33)34-25-17-19-31(5)24(21-25)13-14-26-28-16-15-27(23(4)11-9-10-22(2)3)32(28,6)20-18-29(26)31/h7,22-29H,1,8-21H2,2-6H3/t23-,24+,25+,26+,27-,28+,29+,31+,32-/m1/s1. The monoisotopic (exact) mass is 470 g/mol. The summed E-state index contributed by atoms with van der Waals surface area (Å²) in [5.74, 6) is 6.21. The number of hydrogen-bond donors (Lipinski definition) is 0. The third-order valence-electron chi connectivity index (χ3n) is 11.7. The number of carbonyl (C=O) groups is 1. The van der Waals surface area contributed by atoms with Gasteiger partial charge in [-0.3, -0.25) is 4.79 Å². The van der Waals surface area contributed by atoms with Gasteiger partial charge in [0.25, 0.3) is 0 Å². The third-order valence-corrected chi connectivity index (χ3v) is 11.7. The zero-order valence-electron chi connectivity index (χ0n) is 23.1. The van der Waals surface area contributed by atoms with Crippen LogP contribution in [0.2, 0.25) is 0 Å². The van der Waals surface area contributed by atoms with Crippen molar-refractivity contribution >= 4 is 5.97 Å². The van der Waals surface area contributed by atoms with Gasteiger partial charge in [-0.2, -0.15) is 0 Å². The van der Waals surface area contributed by atoms with Gasteiger partial charge in [-0.25, -0.2) is 0 Å². The summed E-state index contributed by atoms with van der Waals surface area (Å²) >= 11 is 0. The van der Waals surface area contributed by atoms with Gasteiger partial charge in [-0.15, -0.1) is 6.58 Å². The molecule has 34 heavy (non-hydrogen) atoms. The summed E-state index contributed by atoms with van der Waals surface area (Å²) in [4.78, 5) is 12.2. The zero-order chi connectivity index (χ0) is 24.5. The molecule has 4 saturated carbocycles. The van der Waals surface area contributed by atoms with Crippen molar-refractivity contribution in [2.24, 2.45) is 52.3 Å². The highest BCUT2D eigenvalue weighted by Crippen LogP contribution is 2.68. The van der Waals surface area contributed by atoms with Crippen LogP contribution in [0.15, 0.2) is 12.7 Å². The first-order chi connectivity index (χ1) is 16.2. The summed E-state index contributed by atoms with van der Waals surface area (Å²) in [6.07, 6.45) is 19.6. The van der Waals surface area contributed by atoms with E-state index in [4.69, 9.17) is 4.74 Å². The molecule has 0 bridgehead atoms. The minimum atomic E-state index is -0.0184. The normalized spacial score (nSPS) is 42.4. The molecule has 0 amide bonds. The Morgan fingerprint density at radius 1 is 0.971 bits per heavy atom. The summed E-state index contributed by atoms with van der Waals surface area (Å²) in [6.45, 7) is 16.4. The fourth-order valence-corrected chi connectivity index (χ4v) is 9.82. The van der Waals surface area contributed by atoms with Gasteiger partial charge in [-0.05, 0) is 116 Å². The maximum atomic E-state index is 12.2. The molecule has 0 unspecified atom stereocenters. The highest BCUT2D eigenvalue weighted by atomic mass is 16.5.